The lowest BCUT2D eigenvalue weighted by Crippen LogP contribution is -2.40. The maximum Gasteiger partial charge on any atom is 0.321 e. The lowest BCUT2D eigenvalue weighted by Gasteiger charge is -2.21. The first kappa shape index (κ1) is 14.9. The summed E-state index contributed by atoms with van der Waals surface area (Å²) in [6.07, 6.45) is 0. The number of sulfonamides is 1. The Balaban J connectivity index is 3.25. The van der Waals surface area contributed by atoms with Crippen LogP contribution >= 0.6 is 11.6 Å². The number of aliphatic carboxylic acids is 1. The predicted molar refractivity (Wildman–Crippen MR) is 63.5 cm³/mol. The number of nitrogens with zero attached hydrogens (tertiary/aromatic N) is 1. The fraction of sp³-hybridized carbons (Fsp3) is 0.300. The number of likely N-dealkylation sites (N-methyl/N-ethyl adjacent to an activating group) is 1. The summed E-state index contributed by atoms with van der Waals surface area (Å²) >= 11 is 5.65. The molecule has 0 bridgehead atoms. The van der Waals surface area contributed by atoms with Crippen LogP contribution in [0.5, 0.6) is 0 Å². The molecule has 0 aromatic heterocycles. The molecule has 0 heterocycles. The molecule has 0 saturated carbocycles. The second-order valence-electron chi connectivity index (χ2n) is 3.61. The number of hydrogen-bond donors (Lipinski definition) is 1. The molecule has 0 aliphatic rings. The molecule has 0 amide bonds. The van der Waals surface area contributed by atoms with Crippen molar-refractivity contribution in [2.75, 3.05) is 7.05 Å². The Morgan fingerprint density at radius 2 is 2.06 bits per heavy atom. The van der Waals surface area contributed by atoms with Gasteiger partial charge in [-0.1, -0.05) is 11.6 Å². The third kappa shape index (κ3) is 2.80. The van der Waals surface area contributed by atoms with Gasteiger partial charge >= 0.3 is 5.97 Å². The Morgan fingerprint density at radius 3 is 2.50 bits per heavy atom. The molecular weight excluding hydrogens is 285 g/mol. The smallest absolute Gasteiger partial charge is 0.321 e. The first-order chi connectivity index (χ1) is 8.17. The summed E-state index contributed by atoms with van der Waals surface area (Å²) in [5.41, 5.74) is 0. The van der Waals surface area contributed by atoms with Gasteiger partial charge in [0, 0.05) is 7.05 Å². The van der Waals surface area contributed by atoms with Gasteiger partial charge < -0.3 is 5.11 Å². The van der Waals surface area contributed by atoms with E-state index in [9.17, 15) is 17.6 Å². The molecule has 0 fully saturated rings. The van der Waals surface area contributed by atoms with E-state index >= 15 is 0 Å². The van der Waals surface area contributed by atoms with Crippen molar-refractivity contribution in [3.63, 3.8) is 0 Å². The highest BCUT2D eigenvalue weighted by atomic mass is 35.5. The molecule has 0 aliphatic heterocycles. The molecule has 0 spiro atoms. The van der Waals surface area contributed by atoms with Crippen molar-refractivity contribution < 1.29 is 22.7 Å². The molecular formula is C10H11ClFNO4S. The number of halogens is 2. The van der Waals surface area contributed by atoms with Gasteiger partial charge in [0.1, 0.15) is 16.8 Å². The molecule has 1 aromatic carbocycles. The fourth-order valence-electron chi connectivity index (χ4n) is 1.20. The minimum atomic E-state index is -4.08. The van der Waals surface area contributed by atoms with Crippen molar-refractivity contribution in [3.05, 3.63) is 29.0 Å². The fourth-order valence-corrected chi connectivity index (χ4v) is 3.03. The van der Waals surface area contributed by atoms with Gasteiger partial charge in [-0.15, -0.1) is 0 Å². The normalized spacial score (nSPS) is 13.6. The molecule has 0 saturated heterocycles. The Hall–Kier alpha value is -1.18. The summed E-state index contributed by atoms with van der Waals surface area (Å²) in [5.74, 6) is -1.97. The minimum Gasteiger partial charge on any atom is -0.480 e. The van der Waals surface area contributed by atoms with Gasteiger partial charge in [0.2, 0.25) is 10.0 Å². The molecule has 1 unspecified atom stereocenters. The highest BCUT2D eigenvalue weighted by Crippen LogP contribution is 2.25. The van der Waals surface area contributed by atoms with Crippen LogP contribution in [0.4, 0.5) is 4.39 Å². The van der Waals surface area contributed by atoms with Crippen molar-refractivity contribution in [2.45, 2.75) is 17.9 Å². The Labute approximate surface area is 109 Å². The Bertz CT molecular complexity index is 575. The van der Waals surface area contributed by atoms with E-state index in [0.717, 1.165) is 25.2 Å². The molecule has 1 N–H and O–H groups in total. The van der Waals surface area contributed by atoms with E-state index in [-0.39, 0.29) is 9.92 Å². The van der Waals surface area contributed by atoms with Crippen LogP contribution in [0, 0.1) is 5.82 Å². The number of carboxylic acids is 1. The second kappa shape index (κ2) is 5.21. The van der Waals surface area contributed by atoms with E-state index in [1.54, 1.807) is 0 Å². The summed E-state index contributed by atoms with van der Waals surface area (Å²) in [6, 6.07) is 1.54. The van der Waals surface area contributed by atoms with Crippen LogP contribution in [0.2, 0.25) is 5.02 Å². The van der Waals surface area contributed by atoms with E-state index in [4.69, 9.17) is 16.7 Å². The first-order valence-corrected chi connectivity index (χ1v) is 6.65. The molecule has 0 aliphatic carbocycles. The van der Waals surface area contributed by atoms with Crippen LogP contribution in [0.15, 0.2) is 23.1 Å². The highest BCUT2D eigenvalue weighted by molar-refractivity contribution is 7.89. The van der Waals surface area contributed by atoms with E-state index in [1.807, 2.05) is 0 Å². The van der Waals surface area contributed by atoms with E-state index in [1.165, 1.54) is 6.92 Å². The minimum absolute atomic E-state index is 0.292. The number of rotatable bonds is 4. The molecule has 1 rings (SSSR count). The maximum atomic E-state index is 12.8. The van der Waals surface area contributed by atoms with Gasteiger partial charge in [-0.3, -0.25) is 4.79 Å². The van der Waals surface area contributed by atoms with Gasteiger partial charge in [0.05, 0.1) is 5.02 Å². The number of carbonyl (C=O) groups is 1. The molecule has 100 valence electrons. The van der Waals surface area contributed by atoms with Gasteiger partial charge in [-0.2, -0.15) is 4.31 Å². The zero-order valence-corrected chi connectivity index (χ0v) is 11.2. The molecule has 5 nitrogen and oxygen atoms in total. The zero-order valence-electron chi connectivity index (χ0n) is 9.59. The van der Waals surface area contributed by atoms with Gasteiger partial charge in [0.15, 0.2) is 0 Å². The second-order valence-corrected chi connectivity index (χ2v) is 5.98. The highest BCUT2D eigenvalue weighted by Gasteiger charge is 2.30. The average molecular weight is 296 g/mol. The molecule has 0 radical (unpaired) electrons. The van der Waals surface area contributed by atoms with Gasteiger partial charge in [-0.05, 0) is 25.1 Å². The standard InChI is InChI=1S/C10H11ClFNO4S/c1-6(10(14)15)13(2)18(16,17)9-4-3-7(12)5-8(9)11/h3-6H,1-2H3,(H,14,15). The lowest BCUT2D eigenvalue weighted by molar-refractivity contribution is -0.140. The van der Waals surface area contributed by atoms with Crippen LogP contribution in [0.3, 0.4) is 0 Å². The summed E-state index contributed by atoms with van der Waals surface area (Å²) < 4.78 is 37.6. The number of hydrogen-bond acceptors (Lipinski definition) is 3. The third-order valence-electron chi connectivity index (χ3n) is 2.45. The monoisotopic (exact) mass is 295 g/mol. The SMILES string of the molecule is CC(C(=O)O)N(C)S(=O)(=O)c1ccc(F)cc1Cl. The zero-order chi connectivity index (χ0) is 14.1. The summed E-state index contributed by atoms with van der Waals surface area (Å²) in [6.45, 7) is 1.22. The summed E-state index contributed by atoms with van der Waals surface area (Å²) in [5, 5.41) is 8.48. The number of benzene rings is 1. The van der Waals surface area contributed by atoms with E-state index in [2.05, 4.69) is 0 Å². The van der Waals surface area contributed by atoms with Crippen LogP contribution in [0.25, 0.3) is 0 Å². The van der Waals surface area contributed by atoms with Crippen molar-refractivity contribution in [1.29, 1.82) is 0 Å². The molecule has 1 aromatic rings. The molecule has 18 heavy (non-hydrogen) atoms. The summed E-state index contributed by atoms with van der Waals surface area (Å²) in [4.78, 5) is 10.4. The van der Waals surface area contributed by atoms with Crippen LogP contribution in [0.1, 0.15) is 6.92 Å². The van der Waals surface area contributed by atoms with Crippen LogP contribution in [-0.2, 0) is 14.8 Å². The first-order valence-electron chi connectivity index (χ1n) is 4.84. The van der Waals surface area contributed by atoms with Crippen molar-refractivity contribution in [2.24, 2.45) is 0 Å². The number of carboxylic acid groups (broad SMARTS) is 1. The maximum absolute atomic E-state index is 12.8. The lowest BCUT2D eigenvalue weighted by atomic mass is 10.3. The van der Waals surface area contributed by atoms with Gasteiger partial charge in [-0.25, -0.2) is 12.8 Å². The summed E-state index contributed by atoms with van der Waals surface area (Å²) in [7, 11) is -2.96. The quantitative estimate of drug-likeness (QED) is 0.915. The third-order valence-corrected chi connectivity index (χ3v) is 4.86. The topological polar surface area (TPSA) is 74.7 Å². The van der Waals surface area contributed by atoms with Gasteiger partial charge in [0.25, 0.3) is 0 Å². The Morgan fingerprint density at radius 1 is 1.50 bits per heavy atom. The van der Waals surface area contributed by atoms with E-state index in [0.29, 0.717) is 4.31 Å². The average Bonchev–Trinajstić information content (AvgIpc) is 2.26. The predicted octanol–water partition coefficient (Wildman–Crippen LogP) is 1.57. The van der Waals surface area contributed by atoms with Crippen LogP contribution in [-0.4, -0.2) is 36.9 Å². The van der Waals surface area contributed by atoms with Crippen molar-refractivity contribution >= 4 is 27.6 Å². The molecule has 8 heteroatoms. The van der Waals surface area contributed by atoms with Crippen molar-refractivity contribution in [3.8, 4) is 0 Å². The molecule has 1 atom stereocenters. The Kier molecular flexibility index (Phi) is 4.31. The largest absolute Gasteiger partial charge is 0.480 e. The van der Waals surface area contributed by atoms with Crippen LogP contribution < -0.4 is 0 Å². The van der Waals surface area contributed by atoms with Crippen molar-refractivity contribution in [1.82, 2.24) is 4.31 Å². The van der Waals surface area contributed by atoms with E-state index < -0.39 is 27.9 Å².